The number of nitrogens with zero attached hydrogens (tertiary/aromatic N) is 1. The fourth-order valence-electron chi connectivity index (χ4n) is 1.45. The van der Waals surface area contributed by atoms with Crippen LogP contribution in [0.3, 0.4) is 0 Å². The molecular weight excluding hydrogens is 206 g/mol. The van der Waals surface area contributed by atoms with E-state index in [-0.39, 0.29) is 6.10 Å². The molecule has 0 spiro atoms. The molecule has 1 heterocycles. The third-order valence-electron chi connectivity index (χ3n) is 2.67. The van der Waals surface area contributed by atoms with Crippen LogP contribution in [0.25, 0.3) is 0 Å². The zero-order valence-corrected chi connectivity index (χ0v) is 10.9. The van der Waals surface area contributed by atoms with Gasteiger partial charge in [0.2, 0.25) is 0 Å². The Morgan fingerprint density at radius 3 is 2.60 bits per heavy atom. The molecule has 0 bridgehead atoms. The predicted octanol–water partition coefficient (Wildman–Crippen LogP) is 4.14. The molecule has 86 valence electrons. The topological polar surface area (TPSA) is 22.1 Å². The first-order valence-corrected chi connectivity index (χ1v) is 6.67. The number of rotatable bonds is 6. The van der Waals surface area contributed by atoms with E-state index >= 15 is 0 Å². The zero-order chi connectivity index (χ0) is 11.3. The van der Waals surface area contributed by atoms with Crippen LogP contribution in [0.2, 0.25) is 0 Å². The highest BCUT2D eigenvalue weighted by Gasteiger charge is 2.15. The van der Waals surface area contributed by atoms with Gasteiger partial charge in [0.25, 0.3) is 0 Å². The van der Waals surface area contributed by atoms with Gasteiger partial charge in [-0.2, -0.15) is 0 Å². The van der Waals surface area contributed by atoms with Crippen molar-refractivity contribution in [2.75, 3.05) is 6.61 Å². The van der Waals surface area contributed by atoms with Crippen LogP contribution in [-0.2, 0) is 4.74 Å². The van der Waals surface area contributed by atoms with Gasteiger partial charge in [0.15, 0.2) is 0 Å². The highest BCUT2D eigenvalue weighted by molar-refractivity contribution is 7.09. The number of thiazole rings is 1. The van der Waals surface area contributed by atoms with Crippen LogP contribution >= 0.6 is 11.3 Å². The average molecular weight is 227 g/mol. The first kappa shape index (κ1) is 12.7. The molecule has 15 heavy (non-hydrogen) atoms. The lowest BCUT2D eigenvalue weighted by Gasteiger charge is -2.11. The van der Waals surface area contributed by atoms with Crippen LogP contribution in [0, 0.1) is 0 Å². The van der Waals surface area contributed by atoms with Gasteiger partial charge in [-0.05, 0) is 25.7 Å². The van der Waals surface area contributed by atoms with Crippen molar-refractivity contribution < 1.29 is 4.74 Å². The molecule has 0 aliphatic rings. The Labute approximate surface area is 96.7 Å². The molecule has 0 aliphatic carbocycles. The lowest BCUT2D eigenvalue weighted by molar-refractivity contribution is 0.0595. The molecule has 2 unspecified atom stereocenters. The standard InChI is InChI=1S/C12H21NOS/c1-5-9(4)10-8-15-12(13-10)11(6-2)14-7-3/h8-9,11H,5-7H2,1-4H3. The second-order valence-electron chi connectivity index (χ2n) is 3.77. The quantitative estimate of drug-likeness (QED) is 0.728. The van der Waals surface area contributed by atoms with Crippen molar-refractivity contribution in [3.63, 3.8) is 0 Å². The Morgan fingerprint density at radius 1 is 1.33 bits per heavy atom. The molecule has 0 radical (unpaired) electrons. The molecule has 1 aromatic heterocycles. The highest BCUT2D eigenvalue weighted by atomic mass is 32.1. The van der Waals surface area contributed by atoms with E-state index in [0.717, 1.165) is 24.5 Å². The van der Waals surface area contributed by atoms with E-state index in [2.05, 4.69) is 31.1 Å². The van der Waals surface area contributed by atoms with E-state index in [0.29, 0.717) is 5.92 Å². The molecule has 0 saturated heterocycles. The smallest absolute Gasteiger partial charge is 0.122 e. The molecular formula is C12H21NOS. The summed E-state index contributed by atoms with van der Waals surface area (Å²) in [5, 5.41) is 3.31. The summed E-state index contributed by atoms with van der Waals surface area (Å²) in [4.78, 5) is 4.66. The molecule has 0 aliphatic heterocycles. The van der Waals surface area contributed by atoms with Crippen molar-refractivity contribution >= 4 is 11.3 Å². The van der Waals surface area contributed by atoms with Gasteiger partial charge in [0.05, 0.1) is 5.69 Å². The summed E-state index contributed by atoms with van der Waals surface area (Å²) in [6, 6.07) is 0. The fraction of sp³-hybridized carbons (Fsp3) is 0.750. The maximum Gasteiger partial charge on any atom is 0.122 e. The molecule has 2 nitrogen and oxygen atoms in total. The van der Waals surface area contributed by atoms with Crippen LogP contribution in [0.4, 0.5) is 0 Å². The Bertz CT molecular complexity index is 285. The molecule has 0 fully saturated rings. The largest absolute Gasteiger partial charge is 0.371 e. The lowest BCUT2D eigenvalue weighted by Crippen LogP contribution is -2.03. The number of aromatic nitrogens is 1. The molecule has 2 atom stereocenters. The minimum absolute atomic E-state index is 0.192. The van der Waals surface area contributed by atoms with Crippen molar-refractivity contribution in [1.82, 2.24) is 4.98 Å². The third-order valence-corrected chi connectivity index (χ3v) is 3.63. The molecule has 0 saturated carbocycles. The Morgan fingerprint density at radius 2 is 2.07 bits per heavy atom. The molecule has 0 amide bonds. The minimum atomic E-state index is 0.192. The summed E-state index contributed by atoms with van der Waals surface area (Å²) < 4.78 is 5.65. The van der Waals surface area contributed by atoms with E-state index in [1.807, 2.05) is 6.92 Å². The summed E-state index contributed by atoms with van der Waals surface area (Å²) in [5.74, 6) is 0.564. The van der Waals surface area contributed by atoms with Gasteiger partial charge < -0.3 is 4.74 Å². The molecule has 1 aromatic rings. The molecule has 0 aromatic carbocycles. The van der Waals surface area contributed by atoms with Gasteiger partial charge in [-0.15, -0.1) is 11.3 Å². The van der Waals surface area contributed by atoms with Gasteiger partial charge in [0.1, 0.15) is 11.1 Å². The predicted molar refractivity (Wildman–Crippen MR) is 65.5 cm³/mol. The first-order chi connectivity index (χ1) is 7.22. The van der Waals surface area contributed by atoms with Gasteiger partial charge in [-0.25, -0.2) is 4.98 Å². The van der Waals surface area contributed by atoms with E-state index < -0.39 is 0 Å². The van der Waals surface area contributed by atoms with Gasteiger partial charge in [0, 0.05) is 12.0 Å². The van der Waals surface area contributed by atoms with E-state index in [1.54, 1.807) is 11.3 Å². The normalized spacial score (nSPS) is 15.2. The van der Waals surface area contributed by atoms with E-state index in [1.165, 1.54) is 5.69 Å². The SMILES string of the molecule is CCOC(CC)c1nc(C(C)CC)cs1. The number of hydrogen-bond acceptors (Lipinski definition) is 3. The van der Waals surface area contributed by atoms with Crippen molar-refractivity contribution in [1.29, 1.82) is 0 Å². The van der Waals surface area contributed by atoms with Gasteiger partial charge in [-0.3, -0.25) is 0 Å². The second-order valence-corrected chi connectivity index (χ2v) is 4.66. The van der Waals surface area contributed by atoms with E-state index in [9.17, 15) is 0 Å². The van der Waals surface area contributed by atoms with Crippen LogP contribution < -0.4 is 0 Å². The summed E-state index contributed by atoms with van der Waals surface area (Å²) in [5.41, 5.74) is 1.22. The summed E-state index contributed by atoms with van der Waals surface area (Å²) in [7, 11) is 0. The Kier molecular flexibility index (Phi) is 5.26. The maximum atomic E-state index is 5.65. The molecule has 1 rings (SSSR count). The average Bonchev–Trinajstić information content (AvgIpc) is 2.73. The number of ether oxygens (including phenoxy) is 1. The monoisotopic (exact) mass is 227 g/mol. The van der Waals surface area contributed by atoms with Crippen molar-refractivity contribution in [3.05, 3.63) is 16.1 Å². The highest BCUT2D eigenvalue weighted by Crippen LogP contribution is 2.28. The summed E-state index contributed by atoms with van der Waals surface area (Å²) >= 11 is 1.73. The Hall–Kier alpha value is -0.410. The molecule has 3 heteroatoms. The maximum absolute atomic E-state index is 5.65. The lowest BCUT2D eigenvalue weighted by atomic mass is 10.1. The van der Waals surface area contributed by atoms with Crippen LogP contribution in [0.1, 0.15) is 63.3 Å². The first-order valence-electron chi connectivity index (χ1n) is 5.79. The van der Waals surface area contributed by atoms with Crippen LogP contribution in [-0.4, -0.2) is 11.6 Å². The van der Waals surface area contributed by atoms with Gasteiger partial charge in [-0.1, -0.05) is 20.8 Å². The summed E-state index contributed by atoms with van der Waals surface area (Å²) in [6.45, 7) is 9.36. The van der Waals surface area contributed by atoms with Crippen LogP contribution in [0.15, 0.2) is 5.38 Å². The summed E-state index contributed by atoms with van der Waals surface area (Å²) in [6.07, 6.45) is 2.34. The van der Waals surface area contributed by atoms with Crippen LogP contribution in [0.5, 0.6) is 0 Å². The molecule has 0 N–H and O–H groups in total. The van der Waals surface area contributed by atoms with Crippen molar-refractivity contribution in [2.24, 2.45) is 0 Å². The third kappa shape index (κ3) is 3.28. The Balaban J connectivity index is 2.72. The van der Waals surface area contributed by atoms with E-state index in [4.69, 9.17) is 4.74 Å². The zero-order valence-electron chi connectivity index (χ0n) is 10.1. The van der Waals surface area contributed by atoms with Crippen molar-refractivity contribution in [3.8, 4) is 0 Å². The van der Waals surface area contributed by atoms with Gasteiger partial charge >= 0.3 is 0 Å². The fourth-order valence-corrected chi connectivity index (χ4v) is 2.52. The second kappa shape index (κ2) is 6.23. The van der Waals surface area contributed by atoms with Crippen molar-refractivity contribution in [2.45, 2.75) is 52.6 Å². The minimum Gasteiger partial charge on any atom is -0.371 e. The number of hydrogen-bond donors (Lipinski definition) is 0.